The first-order chi connectivity index (χ1) is 10.8. The Morgan fingerprint density at radius 2 is 2.13 bits per heavy atom. The Balaban J connectivity index is 1.88. The summed E-state index contributed by atoms with van der Waals surface area (Å²) < 4.78 is 5.97. The van der Waals surface area contributed by atoms with E-state index in [1.807, 2.05) is 32.9 Å². The Morgan fingerprint density at radius 1 is 1.35 bits per heavy atom. The van der Waals surface area contributed by atoms with Crippen molar-refractivity contribution >= 4 is 11.6 Å². The van der Waals surface area contributed by atoms with Gasteiger partial charge in [0.2, 0.25) is 0 Å². The fraction of sp³-hybridized carbons (Fsp3) is 0.353. The zero-order chi connectivity index (χ0) is 16.6. The molecule has 6 nitrogen and oxygen atoms in total. The van der Waals surface area contributed by atoms with E-state index in [1.165, 1.54) is 6.20 Å². The number of hydrogen-bond donors (Lipinski definition) is 2. The second kappa shape index (κ2) is 5.53. The van der Waals surface area contributed by atoms with Crippen LogP contribution in [0.3, 0.4) is 0 Å². The molecule has 1 unspecified atom stereocenters. The van der Waals surface area contributed by atoms with Gasteiger partial charge in [-0.3, -0.25) is 9.78 Å². The lowest BCUT2D eigenvalue weighted by Gasteiger charge is -2.38. The third-order valence-electron chi connectivity index (χ3n) is 3.81. The van der Waals surface area contributed by atoms with Crippen molar-refractivity contribution in [2.45, 2.75) is 38.8 Å². The quantitative estimate of drug-likeness (QED) is 0.831. The number of carbonyl (C=O) groups excluding carboxylic acids is 1. The zero-order valence-electron chi connectivity index (χ0n) is 13.5. The number of benzene rings is 1. The second-order valence-electron chi connectivity index (χ2n) is 6.43. The number of nitrogens with two attached hydrogens (primary N) is 1. The zero-order valence-corrected chi connectivity index (χ0v) is 13.5. The first kappa shape index (κ1) is 15.3. The van der Waals surface area contributed by atoms with Crippen molar-refractivity contribution in [1.29, 1.82) is 0 Å². The van der Waals surface area contributed by atoms with Gasteiger partial charge in [0.25, 0.3) is 5.91 Å². The predicted molar refractivity (Wildman–Crippen MR) is 87.2 cm³/mol. The minimum absolute atomic E-state index is 0.187. The van der Waals surface area contributed by atoms with Crippen molar-refractivity contribution in [3.8, 4) is 5.75 Å². The molecule has 3 rings (SSSR count). The molecule has 0 aliphatic carbocycles. The van der Waals surface area contributed by atoms with Crippen molar-refractivity contribution in [3.05, 3.63) is 47.5 Å². The van der Waals surface area contributed by atoms with E-state index < -0.39 is 0 Å². The highest BCUT2D eigenvalue weighted by atomic mass is 16.5. The molecule has 1 atom stereocenters. The molecule has 6 heteroatoms. The van der Waals surface area contributed by atoms with Crippen molar-refractivity contribution in [1.82, 2.24) is 15.3 Å². The molecule has 0 spiro atoms. The van der Waals surface area contributed by atoms with Gasteiger partial charge in [0.05, 0.1) is 17.9 Å². The molecular weight excluding hydrogens is 292 g/mol. The smallest absolute Gasteiger partial charge is 0.271 e. The first-order valence-corrected chi connectivity index (χ1v) is 7.52. The van der Waals surface area contributed by atoms with E-state index in [9.17, 15) is 4.79 Å². The van der Waals surface area contributed by atoms with Crippen LogP contribution in [0.4, 0.5) is 5.69 Å². The van der Waals surface area contributed by atoms with E-state index in [1.54, 1.807) is 12.3 Å². The number of aromatic nitrogens is 2. The summed E-state index contributed by atoms with van der Waals surface area (Å²) in [6.07, 6.45) is 3.71. The Hall–Kier alpha value is -2.63. The Bertz CT molecular complexity index is 741. The molecule has 23 heavy (non-hydrogen) atoms. The van der Waals surface area contributed by atoms with Gasteiger partial charge < -0.3 is 15.8 Å². The minimum atomic E-state index is -0.375. The van der Waals surface area contributed by atoms with Gasteiger partial charge >= 0.3 is 0 Å². The summed E-state index contributed by atoms with van der Waals surface area (Å²) in [5, 5.41) is 3.02. The lowest BCUT2D eigenvalue weighted by molar-refractivity contribution is 0.0618. The number of nitrogen functional groups attached to an aromatic ring is 1. The van der Waals surface area contributed by atoms with E-state index in [0.29, 0.717) is 17.8 Å². The molecule has 0 fully saturated rings. The van der Waals surface area contributed by atoms with E-state index in [2.05, 4.69) is 15.3 Å². The largest absolute Gasteiger partial charge is 0.487 e. The fourth-order valence-electron chi connectivity index (χ4n) is 2.74. The summed E-state index contributed by atoms with van der Waals surface area (Å²) >= 11 is 0. The van der Waals surface area contributed by atoms with Crippen LogP contribution in [-0.4, -0.2) is 21.5 Å². The molecular formula is C17H20N4O2. The molecule has 1 aliphatic rings. The van der Waals surface area contributed by atoms with Gasteiger partial charge in [-0.25, -0.2) is 4.98 Å². The molecule has 0 saturated carbocycles. The molecule has 2 heterocycles. The van der Waals surface area contributed by atoms with Crippen LogP contribution in [0.5, 0.6) is 5.75 Å². The van der Waals surface area contributed by atoms with Crippen molar-refractivity contribution in [3.63, 3.8) is 0 Å². The van der Waals surface area contributed by atoms with Gasteiger partial charge in [-0.15, -0.1) is 0 Å². The molecule has 0 saturated heterocycles. The second-order valence-corrected chi connectivity index (χ2v) is 6.43. The molecule has 2 aromatic rings. The average molecular weight is 312 g/mol. The van der Waals surface area contributed by atoms with E-state index in [4.69, 9.17) is 10.5 Å². The number of hydrogen-bond acceptors (Lipinski definition) is 5. The number of carbonyl (C=O) groups is 1. The minimum Gasteiger partial charge on any atom is -0.487 e. The van der Waals surface area contributed by atoms with Gasteiger partial charge in [-0.2, -0.15) is 0 Å². The third-order valence-corrected chi connectivity index (χ3v) is 3.81. The highest BCUT2D eigenvalue weighted by Crippen LogP contribution is 2.40. The maximum atomic E-state index is 12.4. The number of aryl methyl sites for hydroxylation is 1. The van der Waals surface area contributed by atoms with E-state index >= 15 is 0 Å². The number of ether oxygens (including phenoxy) is 1. The maximum Gasteiger partial charge on any atom is 0.271 e. The summed E-state index contributed by atoms with van der Waals surface area (Å²) in [6, 6.07) is 5.30. The molecule has 1 amide bonds. The van der Waals surface area contributed by atoms with E-state index in [-0.39, 0.29) is 17.6 Å². The van der Waals surface area contributed by atoms with Gasteiger partial charge in [0.1, 0.15) is 17.0 Å². The molecule has 1 aromatic carbocycles. The monoisotopic (exact) mass is 312 g/mol. The van der Waals surface area contributed by atoms with Crippen LogP contribution >= 0.6 is 0 Å². The molecule has 120 valence electrons. The topological polar surface area (TPSA) is 90.1 Å². The van der Waals surface area contributed by atoms with Gasteiger partial charge in [-0.1, -0.05) is 0 Å². The van der Waals surface area contributed by atoms with Crippen LogP contribution in [-0.2, 0) is 0 Å². The van der Waals surface area contributed by atoms with Crippen LogP contribution in [0.1, 0.15) is 48.1 Å². The van der Waals surface area contributed by atoms with Crippen LogP contribution in [0, 0.1) is 6.92 Å². The van der Waals surface area contributed by atoms with Crippen molar-refractivity contribution in [2.24, 2.45) is 0 Å². The van der Waals surface area contributed by atoms with Crippen LogP contribution in [0.2, 0.25) is 0 Å². The summed E-state index contributed by atoms with van der Waals surface area (Å²) in [5.41, 5.74) is 8.10. The normalized spacial score (nSPS) is 18.7. The maximum absolute atomic E-state index is 12.4. The molecule has 1 aromatic heterocycles. The number of rotatable bonds is 2. The first-order valence-electron chi connectivity index (χ1n) is 7.52. The number of amides is 1. The standard InChI is InChI=1S/C17H20N4O2/c1-10-8-20-14(9-19-10)16(22)21-13-7-17(2,3)23-15-5-4-11(18)6-12(13)15/h4-6,8-9,13H,7,18H2,1-3H3,(H,21,22). The molecule has 1 aliphatic heterocycles. The molecule has 3 N–H and O–H groups in total. The number of nitrogens with one attached hydrogen (secondary N) is 1. The SMILES string of the molecule is Cc1cnc(C(=O)NC2CC(C)(C)Oc3ccc(N)cc32)cn1. The molecule has 0 radical (unpaired) electrons. The van der Waals surface area contributed by atoms with Gasteiger partial charge in [-0.05, 0) is 39.0 Å². The highest BCUT2D eigenvalue weighted by molar-refractivity contribution is 5.92. The number of nitrogens with zero attached hydrogens (tertiary/aromatic N) is 2. The van der Waals surface area contributed by atoms with Crippen LogP contribution < -0.4 is 15.8 Å². The average Bonchev–Trinajstić information content (AvgIpc) is 2.48. The Labute approximate surface area is 135 Å². The van der Waals surface area contributed by atoms with Crippen molar-refractivity contribution < 1.29 is 9.53 Å². The number of anilines is 1. The summed E-state index contributed by atoms with van der Waals surface area (Å²) in [6.45, 7) is 5.82. The predicted octanol–water partition coefficient (Wildman–Crippen LogP) is 2.40. The highest BCUT2D eigenvalue weighted by Gasteiger charge is 2.34. The third kappa shape index (κ3) is 3.26. The van der Waals surface area contributed by atoms with Gasteiger partial charge in [0, 0.05) is 23.9 Å². The lowest BCUT2D eigenvalue weighted by atomic mass is 9.89. The fourth-order valence-corrected chi connectivity index (χ4v) is 2.74. The summed E-state index contributed by atoms with van der Waals surface area (Å²) in [7, 11) is 0. The Kier molecular flexibility index (Phi) is 3.67. The van der Waals surface area contributed by atoms with E-state index in [0.717, 1.165) is 17.0 Å². The van der Waals surface area contributed by atoms with Gasteiger partial charge in [0.15, 0.2) is 0 Å². The van der Waals surface area contributed by atoms with Crippen LogP contribution in [0.15, 0.2) is 30.6 Å². The Morgan fingerprint density at radius 3 is 2.83 bits per heavy atom. The van der Waals surface area contributed by atoms with Crippen LogP contribution in [0.25, 0.3) is 0 Å². The molecule has 0 bridgehead atoms. The summed E-state index contributed by atoms with van der Waals surface area (Å²) in [4.78, 5) is 20.7. The summed E-state index contributed by atoms with van der Waals surface area (Å²) in [5.74, 6) is 0.490. The lowest BCUT2D eigenvalue weighted by Crippen LogP contribution is -2.41. The van der Waals surface area contributed by atoms with Crippen molar-refractivity contribution in [2.75, 3.05) is 5.73 Å². The number of fused-ring (bicyclic) bond motifs is 1.